The van der Waals surface area contributed by atoms with E-state index in [1.54, 1.807) is 26.4 Å². The van der Waals surface area contributed by atoms with E-state index in [1.165, 1.54) is 7.11 Å². The quantitative estimate of drug-likeness (QED) is 0.0952. The third-order valence-corrected chi connectivity index (χ3v) is 8.94. The summed E-state index contributed by atoms with van der Waals surface area (Å²) in [6.07, 6.45) is 6.45. The first-order valence-electron chi connectivity index (χ1n) is 17.1. The topological polar surface area (TPSA) is 72.5 Å². The Kier molecular flexibility index (Phi) is 11.5. The molecule has 264 valence electrons. The van der Waals surface area contributed by atoms with Crippen molar-refractivity contribution < 1.29 is 33.2 Å². The molecule has 0 atom stereocenters. The molecule has 0 radical (unpaired) electrons. The van der Waals surface area contributed by atoms with Gasteiger partial charge < -0.3 is 28.4 Å². The Labute approximate surface area is 305 Å². The maximum atomic E-state index is 12.0. The SMILES string of the molecule is C=C1/C=C\C(OCc2cccc(C(=O)OC)c2)=C/CCOc2cc(COC(c3ccccc3)(c3ccc(OC)cc3)c3ccc(OC)cc3)ccc21. The minimum atomic E-state index is -0.950. The molecule has 0 spiro atoms. The van der Waals surface area contributed by atoms with Gasteiger partial charge in [-0.2, -0.15) is 0 Å². The molecular weight excluding hydrogens is 652 g/mol. The van der Waals surface area contributed by atoms with Gasteiger partial charge in [-0.15, -0.1) is 0 Å². The van der Waals surface area contributed by atoms with Gasteiger partial charge in [0.05, 0.1) is 40.1 Å². The molecule has 0 N–H and O–H groups in total. The van der Waals surface area contributed by atoms with Crippen molar-refractivity contribution in [2.24, 2.45) is 0 Å². The minimum absolute atomic E-state index is 0.293. The Morgan fingerprint density at radius 1 is 0.712 bits per heavy atom. The van der Waals surface area contributed by atoms with Crippen molar-refractivity contribution in [2.45, 2.75) is 25.2 Å². The van der Waals surface area contributed by atoms with E-state index in [2.05, 4.69) is 18.7 Å². The van der Waals surface area contributed by atoms with E-state index in [-0.39, 0.29) is 5.97 Å². The molecule has 0 saturated heterocycles. The van der Waals surface area contributed by atoms with Gasteiger partial charge in [-0.05, 0) is 88.0 Å². The van der Waals surface area contributed by atoms with Crippen molar-refractivity contribution in [1.29, 1.82) is 0 Å². The molecule has 0 amide bonds. The van der Waals surface area contributed by atoms with Crippen LogP contribution in [0.5, 0.6) is 17.2 Å². The van der Waals surface area contributed by atoms with Gasteiger partial charge >= 0.3 is 5.97 Å². The van der Waals surface area contributed by atoms with Crippen LogP contribution in [0, 0.1) is 0 Å². The van der Waals surface area contributed by atoms with Gasteiger partial charge in [-0.1, -0.05) is 91.5 Å². The van der Waals surface area contributed by atoms with E-state index in [0.29, 0.717) is 37.6 Å². The standard InChI is InChI=1S/C45H42O7/c1-32-15-21-41(51-30-33-10-8-11-35(28-33)44(46)49-4)14-9-27-50-43-29-34(16-26-42(32)43)31-52-45(36-12-6-5-7-13-36,37-17-22-39(47-2)23-18-37)38-19-24-40(48-3)25-20-38/h5-8,10-26,28-29H,1,9,27,30-31H2,2-4H3/b21-15-,41-14+. The minimum Gasteiger partial charge on any atom is -0.497 e. The highest BCUT2D eigenvalue weighted by molar-refractivity contribution is 5.89. The van der Waals surface area contributed by atoms with Gasteiger partial charge in [-0.25, -0.2) is 4.79 Å². The van der Waals surface area contributed by atoms with E-state index < -0.39 is 5.60 Å². The highest BCUT2D eigenvalue weighted by Gasteiger charge is 2.38. The molecule has 6 rings (SSSR count). The highest BCUT2D eigenvalue weighted by atomic mass is 16.5. The second-order valence-electron chi connectivity index (χ2n) is 12.2. The van der Waals surface area contributed by atoms with E-state index in [1.807, 2.05) is 115 Å². The van der Waals surface area contributed by atoms with E-state index in [0.717, 1.165) is 56.2 Å². The molecule has 7 nitrogen and oxygen atoms in total. The van der Waals surface area contributed by atoms with E-state index in [9.17, 15) is 4.79 Å². The first-order chi connectivity index (χ1) is 25.4. The number of methoxy groups -OCH3 is 3. The molecule has 0 unspecified atom stereocenters. The van der Waals surface area contributed by atoms with Gasteiger partial charge in [0, 0.05) is 12.0 Å². The summed E-state index contributed by atoms with van der Waals surface area (Å²) in [6, 6.07) is 39.6. The number of hydrogen-bond donors (Lipinski definition) is 0. The van der Waals surface area contributed by atoms with Crippen LogP contribution in [0.25, 0.3) is 5.57 Å². The fourth-order valence-electron chi connectivity index (χ4n) is 6.20. The van der Waals surface area contributed by atoms with Crippen molar-refractivity contribution in [3.63, 3.8) is 0 Å². The van der Waals surface area contributed by atoms with Crippen LogP contribution in [-0.4, -0.2) is 33.9 Å². The van der Waals surface area contributed by atoms with Crippen LogP contribution in [0.15, 0.2) is 152 Å². The average molecular weight is 695 g/mol. The Balaban J connectivity index is 1.25. The smallest absolute Gasteiger partial charge is 0.337 e. The summed E-state index contributed by atoms with van der Waals surface area (Å²) in [5, 5.41) is 0. The lowest BCUT2D eigenvalue weighted by molar-refractivity contribution is 0.000109. The van der Waals surface area contributed by atoms with Crippen LogP contribution < -0.4 is 14.2 Å². The van der Waals surface area contributed by atoms with Gasteiger partial charge in [0.1, 0.15) is 35.2 Å². The molecule has 1 aliphatic heterocycles. The third-order valence-electron chi connectivity index (χ3n) is 8.94. The number of benzene rings is 5. The molecule has 0 fully saturated rings. The van der Waals surface area contributed by atoms with E-state index >= 15 is 0 Å². The highest BCUT2D eigenvalue weighted by Crippen LogP contribution is 2.42. The second-order valence-corrected chi connectivity index (χ2v) is 12.2. The summed E-state index contributed by atoms with van der Waals surface area (Å²) < 4.78 is 35.4. The number of fused-ring (bicyclic) bond motifs is 1. The normalized spacial score (nSPS) is 14.5. The maximum absolute atomic E-state index is 12.0. The summed E-state index contributed by atoms with van der Waals surface area (Å²) in [5.41, 5.74) is 5.90. The molecule has 0 saturated carbocycles. The van der Waals surface area contributed by atoms with E-state index in [4.69, 9.17) is 28.4 Å². The lowest BCUT2D eigenvalue weighted by Gasteiger charge is -2.36. The average Bonchev–Trinajstić information content (AvgIpc) is 3.20. The predicted octanol–water partition coefficient (Wildman–Crippen LogP) is 9.45. The molecule has 5 aromatic carbocycles. The Bertz CT molecular complexity index is 2000. The molecule has 1 heterocycles. The van der Waals surface area contributed by atoms with Gasteiger partial charge in [0.2, 0.25) is 0 Å². The number of ether oxygens (including phenoxy) is 6. The van der Waals surface area contributed by atoms with Crippen molar-refractivity contribution in [3.8, 4) is 17.2 Å². The Morgan fingerprint density at radius 3 is 2.02 bits per heavy atom. The van der Waals surface area contributed by atoms with Crippen LogP contribution >= 0.6 is 0 Å². The fraction of sp³-hybridized carbons (Fsp3) is 0.178. The largest absolute Gasteiger partial charge is 0.497 e. The van der Waals surface area contributed by atoms with Gasteiger partial charge in [-0.3, -0.25) is 0 Å². The zero-order valence-corrected chi connectivity index (χ0v) is 29.7. The maximum Gasteiger partial charge on any atom is 0.337 e. The summed E-state index contributed by atoms with van der Waals surface area (Å²) in [4.78, 5) is 12.0. The Morgan fingerprint density at radius 2 is 1.37 bits per heavy atom. The first-order valence-corrected chi connectivity index (χ1v) is 17.1. The molecule has 0 bridgehead atoms. The number of rotatable bonds is 12. The fourth-order valence-corrected chi connectivity index (χ4v) is 6.20. The number of carbonyl (C=O) groups excluding carboxylic acids is 1. The van der Waals surface area contributed by atoms with Crippen LogP contribution in [-0.2, 0) is 33.0 Å². The van der Waals surface area contributed by atoms with Crippen LogP contribution in [0.1, 0.15) is 50.2 Å². The number of hydrogen-bond acceptors (Lipinski definition) is 7. The van der Waals surface area contributed by atoms with Crippen molar-refractivity contribution in [3.05, 3.63) is 191 Å². The number of allylic oxidation sites excluding steroid dienone is 3. The third kappa shape index (κ3) is 8.12. The number of esters is 1. The summed E-state index contributed by atoms with van der Waals surface area (Å²) >= 11 is 0. The molecule has 0 aromatic heterocycles. The lowest BCUT2D eigenvalue weighted by Crippen LogP contribution is -2.32. The van der Waals surface area contributed by atoms with Crippen molar-refractivity contribution in [1.82, 2.24) is 0 Å². The zero-order valence-electron chi connectivity index (χ0n) is 29.7. The summed E-state index contributed by atoms with van der Waals surface area (Å²) in [5.74, 6) is 2.56. The van der Waals surface area contributed by atoms with Crippen molar-refractivity contribution >= 4 is 11.5 Å². The molecule has 52 heavy (non-hydrogen) atoms. The van der Waals surface area contributed by atoms with Crippen LogP contribution in [0.2, 0.25) is 0 Å². The lowest BCUT2D eigenvalue weighted by atomic mass is 9.80. The van der Waals surface area contributed by atoms with Crippen molar-refractivity contribution in [2.75, 3.05) is 27.9 Å². The van der Waals surface area contributed by atoms with Gasteiger partial charge in [0.15, 0.2) is 0 Å². The Hall–Kier alpha value is -6.05. The van der Waals surface area contributed by atoms with Crippen LogP contribution in [0.3, 0.4) is 0 Å². The molecule has 1 aliphatic rings. The summed E-state index contributed by atoms with van der Waals surface area (Å²) in [6.45, 7) is 5.36. The molecular formula is C45H42O7. The molecule has 5 aromatic rings. The molecule has 0 aliphatic carbocycles. The number of carbonyl (C=O) groups is 1. The van der Waals surface area contributed by atoms with Gasteiger partial charge in [0.25, 0.3) is 0 Å². The molecule has 7 heteroatoms. The predicted molar refractivity (Wildman–Crippen MR) is 202 cm³/mol. The summed E-state index contributed by atoms with van der Waals surface area (Å²) in [7, 11) is 4.69. The monoisotopic (exact) mass is 694 g/mol. The second kappa shape index (κ2) is 16.8. The first kappa shape index (κ1) is 35.8. The van der Waals surface area contributed by atoms with Crippen LogP contribution in [0.4, 0.5) is 0 Å². The zero-order chi connectivity index (χ0) is 36.3.